The van der Waals surface area contributed by atoms with E-state index in [2.05, 4.69) is 38.6 Å². The van der Waals surface area contributed by atoms with E-state index in [0.29, 0.717) is 55.5 Å². The summed E-state index contributed by atoms with van der Waals surface area (Å²) in [5, 5.41) is 0. The molecule has 10 nitrogen and oxygen atoms in total. The average molecular weight is 815 g/mol. The first-order chi connectivity index (χ1) is 30.1. The minimum Gasteiger partial charge on any atom is -0.489 e. The highest BCUT2D eigenvalue weighted by Gasteiger charge is 2.36. The second kappa shape index (κ2) is 17.3. The molecule has 6 aromatic rings. The first-order valence-corrected chi connectivity index (χ1v) is 21.5. The molecular formula is C51H50N4O6. The summed E-state index contributed by atoms with van der Waals surface area (Å²) in [6.07, 6.45) is 3.47. The van der Waals surface area contributed by atoms with Crippen LogP contribution in [0.25, 0.3) is 11.3 Å². The van der Waals surface area contributed by atoms with Gasteiger partial charge in [0.15, 0.2) is 11.5 Å². The Morgan fingerprint density at radius 2 is 1.43 bits per heavy atom. The molecule has 4 aliphatic rings. The van der Waals surface area contributed by atoms with Crippen molar-refractivity contribution in [1.82, 2.24) is 14.4 Å². The number of amides is 2. The second-order valence-corrected chi connectivity index (χ2v) is 16.4. The number of carbonyl (C=O) groups is 2. The number of ether oxygens (including phenoxy) is 4. The van der Waals surface area contributed by atoms with E-state index >= 15 is 9.59 Å². The van der Waals surface area contributed by atoms with Crippen LogP contribution in [-0.4, -0.2) is 71.9 Å². The molecule has 61 heavy (non-hydrogen) atoms. The molecule has 5 heterocycles. The summed E-state index contributed by atoms with van der Waals surface area (Å²) in [5.41, 5.74) is 9.09. The van der Waals surface area contributed by atoms with Crippen molar-refractivity contribution in [3.05, 3.63) is 166 Å². The number of hydrogen-bond donors (Lipinski definition) is 0. The van der Waals surface area contributed by atoms with E-state index in [1.165, 1.54) is 11.1 Å². The SMILES string of the molecule is O=C(c1cc(-c2cc3c(cc2C(=O)N2Cc4ccccc4C[C@H]2CN2CCOCC2)OCO3)n2c1CCCC2)N(Cc1ccccc1)c1ccc(OCc2ccccc2)cc1. The van der Waals surface area contributed by atoms with Crippen LogP contribution in [0, 0.1) is 0 Å². The summed E-state index contributed by atoms with van der Waals surface area (Å²) in [6.45, 7) is 6.02. The van der Waals surface area contributed by atoms with Crippen LogP contribution in [0.4, 0.5) is 5.69 Å². The molecule has 0 unspecified atom stereocenters. The zero-order valence-electron chi connectivity index (χ0n) is 34.3. The van der Waals surface area contributed by atoms with Gasteiger partial charge in [0.25, 0.3) is 11.8 Å². The van der Waals surface area contributed by atoms with Gasteiger partial charge in [0, 0.05) is 61.4 Å². The lowest BCUT2D eigenvalue weighted by atomic mass is 9.92. The van der Waals surface area contributed by atoms with Crippen molar-refractivity contribution in [2.45, 2.75) is 58.0 Å². The highest BCUT2D eigenvalue weighted by Crippen LogP contribution is 2.42. The molecule has 1 saturated heterocycles. The number of rotatable bonds is 11. The molecule has 310 valence electrons. The number of carbonyl (C=O) groups excluding carboxylic acids is 2. The van der Waals surface area contributed by atoms with Crippen LogP contribution in [0.5, 0.6) is 17.2 Å². The van der Waals surface area contributed by atoms with Crippen molar-refractivity contribution >= 4 is 17.5 Å². The van der Waals surface area contributed by atoms with Gasteiger partial charge in [-0.25, -0.2) is 0 Å². The van der Waals surface area contributed by atoms with Crippen molar-refractivity contribution < 1.29 is 28.5 Å². The summed E-state index contributed by atoms with van der Waals surface area (Å²) < 4.78 is 25.9. The summed E-state index contributed by atoms with van der Waals surface area (Å²) in [5.74, 6) is 1.74. The molecule has 0 N–H and O–H groups in total. The minimum atomic E-state index is -0.0921. The van der Waals surface area contributed by atoms with Crippen LogP contribution in [0.1, 0.15) is 61.5 Å². The van der Waals surface area contributed by atoms with Gasteiger partial charge in [0.05, 0.1) is 30.9 Å². The molecular weight excluding hydrogens is 765 g/mol. The Morgan fingerprint density at radius 1 is 0.721 bits per heavy atom. The van der Waals surface area contributed by atoms with E-state index in [-0.39, 0.29) is 24.6 Å². The fraction of sp³-hybridized carbons (Fsp3) is 0.294. The molecule has 0 spiro atoms. The van der Waals surface area contributed by atoms with E-state index in [9.17, 15) is 0 Å². The maximum Gasteiger partial charge on any atom is 0.260 e. The summed E-state index contributed by atoms with van der Waals surface area (Å²) in [4.78, 5) is 36.8. The number of morpholine rings is 1. The van der Waals surface area contributed by atoms with Crippen molar-refractivity contribution in [2.24, 2.45) is 0 Å². The molecule has 1 aromatic heterocycles. The van der Waals surface area contributed by atoms with Crippen molar-refractivity contribution in [1.29, 1.82) is 0 Å². The van der Waals surface area contributed by atoms with Crippen molar-refractivity contribution in [2.75, 3.05) is 44.5 Å². The van der Waals surface area contributed by atoms with Gasteiger partial charge < -0.3 is 33.3 Å². The highest BCUT2D eigenvalue weighted by atomic mass is 16.7. The van der Waals surface area contributed by atoms with E-state index in [1.807, 2.05) is 108 Å². The number of aromatic nitrogens is 1. The first kappa shape index (κ1) is 38.8. The number of benzene rings is 5. The Morgan fingerprint density at radius 3 is 2.20 bits per heavy atom. The zero-order chi connectivity index (χ0) is 41.1. The minimum absolute atomic E-state index is 0.0289. The van der Waals surface area contributed by atoms with Gasteiger partial charge in [-0.3, -0.25) is 14.5 Å². The number of fused-ring (bicyclic) bond motifs is 3. The fourth-order valence-corrected chi connectivity index (χ4v) is 9.30. The van der Waals surface area contributed by atoms with Gasteiger partial charge in [-0.15, -0.1) is 0 Å². The van der Waals surface area contributed by atoms with Gasteiger partial charge in [0.1, 0.15) is 12.4 Å². The molecule has 0 radical (unpaired) electrons. The highest BCUT2D eigenvalue weighted by molar-refractivity contribution is 6.09. The van der Waals surface area contributed by atoms with Gasteiger partial charge >= 0.3 is 0 Å². The Balaban J connectivity index is 1.02. The lowest BCUT2D eigenvalue weighted by molar-refractivity contribution is 0.0193. The Kier molecular flexibility index (Phi) is 11.0. The monoisotopic (exact) mass is 814 g/mol. The van der Waals surface area contributed by atoms with Crippen LogP contribution in [0.3, 0.4) is 0 Å². The van der Waals surface area contributed by atoms with Crippen molar-refractivity contribution in [3.8, 4) is 28.5 Å². The lowest BCUT2D eigenvalue weighted by Crippen LogP contribution is -2.52. The smallest absolute Gasteiger partial charge is 0.260 e. The molecule has 1 fully saturated rings. The Bertz CT molecular complexity index is 2510. The van der Waals surface area contributed by atoms with Gasteiger partial charge in [0.2, 0.25) is 6.79 Å². The number of hydrogen-bond acceptors (Lipinski definition) is 7. The predicted molar refractivity (Wildman–Crippen MR) is 234 cm³/mol. The quantitative estimate of drug-likeness (QED) is 0.130. The van der Waals surface area contributed by atoms with Crippen molar-refractivity contribution in [3.63, 3.8) is 0 Å². The molecule has 0 saturated carbocycles. The third kappa shape index (κ3) is 8.13. The maximum absolute atomic E-state index is 15.3. The third-order valence-corrected chi connectivity index (χ3v) is 12.5. The Labute approximate surface area is 356 Å². The lowest BCUT2D eigenvalue weighted by Gasteiger charge is -2.40. The summed E-state index contributed by atoms with van der Waals surface area (Å²) in [7, 11) is 0. The standard InChI is InChI=1S/C51H50N4O6/c56-50(55-32-39-16-8-7-15-38(39)27-41(55)33-52-23-25-58-26-24-52)44-30-49-48(60-35-61-49)29-43(44)47-28-45(46-17-9-10-22-53(46)47)51(57)54(31-36-11-3-1-4-12-36)40-18-20-42(21-19-40)59-34-37-13-5-2-6-14-37/h1-8,11-16,18-21,28-30,41H,9-10,17,22-27,31-35H2/t41-/m0/s1. The normalized spacial score (nSPS) is 17.0. The molecule has 10 heteroatoms. The Hall–Kier alpha value is -6.36. The average Bonchev–Trinajstić information content (AvgIpc) is 3.95. The zero-order valence-corrected chi connectivity index (χ0v) is 34.3. The number of nitrogens with zero attached hydrogens (tertiary/aromatic N) is 4. The van der Waals surface area contributed by atoms with Gasteiger partial charge in [-0.05, 0) is 90.4 Å². The third-order valence-electron chi connectivity index (χ3n) is 12.5. The van der Waals surface area contributed by atoms with Gasteiger partial charge in [-0.1, -0.05) is 84.9 Å². The first-order valence-electron chi connectivity index (χ1n) is 21.5. The molecule has 0 aliphatic carbocycles. The fourth-order valence-electron chi connectivity index (χ4n) is 9.30. The summed E-state index contributed by atoms with van der Waals surface area (Å²) in [6, 6.07) is 42.2. The molecule has 5 aromatic carbocycles. The van der Waals surface area contributed by atoms with Crippen LogP contribution in [-0.2, 0) is 43.8 Å². The largest absolute Gasteiger partial charge is 0.489 e. The van der Waals surface area contributed by atoms with E-state index in [0.717, 1.165) is 91.4 Å². The second-order valence-electron chi connectivity index (χ2n) is 16.4. The summed E-state index contributed by atoms with van der Waals surface area (Å²) >= 11 is 0. The van der Waals surface area contributed by atoms with E-state index in [1.54, 1.807) is 0 Å². The molecule has 1 atom stereocenters. The van der Waals surface area contributed by atoms with Crippen LogP contribution in [0.2, 0.25) is 0 Å². The predicted octanol–water partition coefficient (Wildman–Crippen LogP) is 8.55. The molecule has 4 aliphatic heterocycles. The van der Waals surface area contributed by atoms with Gasteiger partial charge in [-0.2, -0.15) is 0 Å². The maximum atomic E-state index is 15.3. The molecule has 2 amide bonds. The number of anilines is 1. The van der Waals surface area contributed by atoms with E-state index in [4.69, 9.17) is 18.9 Å². The topological polar surface area (TPSA) is 85.7 Å². The van der Waals surface area contributed by atoms with Crippen LogP contribution in [0.15, 0.2) is 127 Å². The van der Waals surface area contributed by atoms with Crippen LogP contribution < -0.4 is 19.1 Å². The van der Waals surface area contributed by atoms with Crippen LogP contribution >= 0.6 is 0 Å². The van der Waals surface area contributed by atoms with E-state index < -0.39 is 0 Å². The molecule has 10 rings (SSSR count). The molecule has 0 bridgehead atoms.